The van der Waals surface area contributed by atoms with Gasteiger partial charge in [-0.1, -0.05) is 30.3 Å². The fourth-order valence-electron chi connectivity index (χ4n) is 0.514. The Bertz CT molecular complexity index is 152. The number of nitrogens with two attached hydrogens (primary N) is 1. The van der Waals surface area contributed by atoms with Crippen molar-refractivity contribution in [2.75, 3.05) is 0 Å². The second-order valence-electron chi connectivity index (χ2n) is 1.46. The average Bonchev–Trinajstić information content (AvgIpc) is 1.90. The van der Waals surface area contributed by atoms with E-state index >= 15 is 0 Å². The SMILES string of the molecule is N[N-]c1ccccc1.[Zn]. The third-order valence-electron chi connectivity index (χ3n) is 0.905. The molecule has 44 valence electrons. The second kappa shape index (κ2) is 4.48. The molecule has 0 aliphatic carbocycles. The van der Waals surface area contributed by atoms with Crippen LogP contribution in [0.1, 0.15) is 0 Å². The molecule has 1 aromatic rings. The molecule has 0 bridgehead atoms. The maximum absolute atomic E-state index is 4.97. The zero-order valence-corrected chi connectivity index (χ0v) is 8.09. The molecule has 0 fully saturated rings. The monoisotopic (exact) mass is 171 g/mol. The molecule has 3 heteroatoms. The van der Waals surface area contributed by atoms with Gasteiger partial charge in [0.2, 0.25) is 0 Å². The number of hydrogen-bond donors (Lipinski definition) is 1. The summed E-state index contributed by atoms with van der Waals surface area (Å²) in [6.45, 7) is 0. The van der Waals surface area contributed by atoms with Crippen LogP contribution in [0.5, 0.6) is 0 Å². The average molecular weight is 173 g/mol. The van der Waals surface area contributed by atoms with Crippen LogP contribution in [0.25, 0.3) is 5.43 Å². The van der Waals surface area contributed by atoms with E-state index in [4.69, 9.17) is 5.84 Å². The Hall–Kier alpha value is -0.397. The minimum absolute atomic E-state index is 0. The van der Waals surface area contributed by atoms with Crippen molar-refractivity contribution in [3.63, 3.8) is 0 Å². The molecule has 0 saturated carbocycles. The van der Waals surface area contributed by atoms with E-state index in [1.165, 1.54) is 0 Å². The molecule has 0 unspecified atom stereocenters. The number of benzene rings is 1. The summed E-state index contributed by atoms with van der Waals surface area (Å²) in [5.74, 6) is 4.97. The quantitative estimate of drug-likeness (QED) is 0.390. The molecular weight excluding hydrogens is 165 g/mol. The first-order valence-corrected chi connectivity index (χ1v) is 2.39. The van der Waals surface area contributed by atoms with Crippen molar-refractivity contribution < 1.29 is 19.5 Å². The van der Waals surface area contributed by atoms with Gasteiger partial charge in [-0.3, -0.25) is 0 Å². The van der Waals surface area contributed by atoms with Gasteiger partial charge in [0.25, 0.3) is 0 Å². The van der Waals surface area contributed by atoms with Gasteiger partial charge in [-0.25, -0.2) is 0 Å². The van der Waals surface area contributed by atoms with Gasteiger partial charge in [-0.15, -0.1) is 5.69 Å². The Balaban J connectivity index is 0.000000640. The molecule has 2 nitrogen and oxygen atoms in total. The van der Waals surface area contributed by atoms with Crippen LogP contribution in [0.15, 0.2) is 30.3 Å². The Morgan fingerprint density at radius 2 is 1.67 bits per heavy atom. The maximum atomic E-state index is 4.97. The van der Waals surface area contributed by atoms with Crippen molar-refractivity contribution in [2.45, 2.75) is 0 Å². The van der Waals surface area contributed by atoms with Crippen molar-refractivity contribution >= 4 is 5.69 Å². The molecule has 2 N–H and O–H groups in total. The van der Waals surface area contributed by atoms with Crippen molar-refractivity contribution in [1.29, 1.82) is 0 Å². The molecule has 0 aliphatic heterocycles. The minimum Gasteiger partial charge on any atom is -0.625 e. The number of hydrogen-bond acceptors (Lipinski definition) is 1. The molecule has 0 atom stereocenters. The van der Waals surface area contributed by atoms with Gasteiger partial charge in [-0.05, 0) is 0 Å². The van der Waals surface area contributed by atoms with Crippen molar-refractivity contribution in [3.05, 3.63) is 35.8 Å². The minimum atomic E-state index is 0. The predicted octanol–water partition coefficient (Wildman–Crippen LogP) is 1.56. The molecule has 0 aliphatic rings. The van der Waals surface area contributed by atoms with E-state index in [0.717, 1.165) is 5.69 Å². The van der Waals surface area contributed by atoms with E-state index in [1.54, 1.807) is 0 Å². The number of nitrogens with zero attached hydrogens (tertiary/aromatic N) is 1. The van der Waals surface area contributed by atoms with E-state index < -0.39 is 0 Å². The van der Waals surface area contributed by atoms with Crippen LogP contribution in [0.3, 0.4) is 0 Å². The van der Waals surface area contributed by atoms with Crippen molar-refractivity contribution in [2.24, 2.45) is 5.84 Å². The molecular formula is C6H7N2Zn-. The zero-order valence-electron chi connectivity index (χ0n) is 5.12. The van der Waals surface area contributed by atoms with Crippen molar-refractivity contribution in [1.82, 2.24) is 0 Å². The van der Waals surface area contributed by atoms with Gasteiger partial charge < -0.3 is 11.3 Å². The molecule has 0 radical (unpaired) electrons. The van der Waals surface area contributed by atoms with Crippen LogP contribution in [0.2, 0.25) is 0 Å². The summed E-state index contributed by atoms with van der Waals surface area (Å²) in [5, 5.41) is 0. The van der Waals surface area contributed by atoms with Crippen LogP contribution in [-0.4, -0.2) is 0 Å². The normalized spacial score (nSPS) is 7.67. The van der Waals surface area contributed by atoms with Crippen LogP contribution < -0.4 is 5.84 Å². The summed E-state index contributed by atoms with van der Waals surface area (Å²) in [4.78, 5) is 0. The molecule has 1 aromatic carbocycles. The first kappa shape index (κ1) is 8.60. The Morgan fingerprint density at radius 1 is 1.11 bits per heavy atom. The van der Waals surface area contributed by atoms with Crippen LogP contribution in [-0.2, 0) is 19.5 Å². The summed E-state index contributed by atoms with van der Waals surface area (Å²) in [5.41, 5.74) is 4.28. The first-order chi connectivity index (χ1) is 3.93. The summed E-state index contributed by atoms with van der Waals surface area (Å²) >= 11 is 0. The predicted molar refractivity (Wildman–Crippen MR) is 33.6 cm³/mol. The van der Waals surface area contributed by atoms with E-state index in [9.17, 15) is 0 Å². The zero-order chi connectivity index (χ0) is 5.82. The standard InChI is InChI=1S/C6H7N2.Zn/c7-8-6-4-2-1-3-5-6;/h1-5H,7H2;/q-1;. The van der Waals surface area contributed by atoms with Crippen molar-refractivity contribution in [3.8, 4) is 0 Å². The Morgan fingerprint density at radius 3 is 2.00 bits per heavy atom. The summed E-state index contributed by atoms with van der Waals surface area (Å²) < 4.78 is 0. The smallest absolute Gasteiger partial charge is 0 e. The van der Waals surface area contributed by atoms with Crippen LogP contribution in [0.4, 0.5) is 5.69 Å². The molecule has 9 heavy (non-hydrogen) atoms. The topological polar surface area (TPSA) is 40.1 Å². The Kier molecular flexibility index (Phi) is 4.28. The van der Waals surface area contributed by atoms with E-state index in [1.807, 2.05) is 30.3 Å². The molecule has 0 amide bonds. The van der Waals surface area contributed by atoms with Gasteiger partial charge in [0.15, 0.2) is 0 Å². The summed E-state index contributed by atoms with van der Waals surface area (Å²) in [7, 11) is 0. The third-order valence-corrected chi connectivity index (χ3v) is 0.905. The van der Waals surface area contributed by atoms with E-state index in [0.29, 0.717) is 0 Å². The maximum Gasteiger partial charge on any atom is 0 e. The molecule has 1 rings (SSSR count). The molecule has 0 heterocycles. The van der Waals surface area contributed by atoms with Gasteiger partial charge >= 0.3 is 0 Å². The molecule has 0 spiro atoms. The first-order valence-electron chi connectivity index (χ1n) is 2.39. The van der Waals surface area contributed by atoms with E-state index in [2.05, 4.69) is 5.43 Å². The van der Waals surface area contributed by atoms with Crippen LogP contribution in [0, 0.1) is 0 Å². The number of rotatable bonds is 1. The second-order valence-corrected chi connectivity index (χ2v) is 1.46. The largest absolute Gasteiger partial charge is 0.625 e. The summed E-state index contributed by atoms with van der Waals surface area (Å²) in [6.07, 6.45) is 0. The van der Waals surface area contributed by atoms with Gasteiger partial charge in [0.05, 0.1) is 0 Å². The third kappa shape index (κ3) is 2.59. The fraction of sp³-hybridized carbons (Fsp3) is 0. The Labute approximate surface area is 67.2 Å². The molecule has 0 aromatic heterocycles. The summed E-state index contributed by atoms with van der Waals surface area (Å²) in [6, 6.07) is 9.41. The van der Waals surface area contributed by atoms with Gasteiger partial charge in [0, 0.05) is 19.5 Å². The van der Waals surface area contributed by atoms with Gasteiger partial charge in [0.1, 0.15) is 0 Å². The van der Waals surface area contributed by atoms with Gasteiger partial charge in [-0.2, -0.15) is 0 Å². The van der Waals surface area contributed by atoms with Crippen LogP contribution >= 0.6 is 0 Å². The van der Waals surface area contributed by atoms with E-state index in [-0.39, 0.29) is 19.5 Å². The fourth-order valence-corrected chi connectivity index (χ4v) is 0.514. The molecule has 0 saturated heterocycles.